The minimum Gasteiger partial charge on any atom is -0.367 e. The summed E-state index contributed by atoms with van der Waals surface area (Å²) in [6, 6.07) is 17.1. The lowest BCUT2D eigenvalue weighted by atomic mass is 10.1. The van der Waals surface area contributed by atoms with Crippen molar-refractivity contribution in [3.8, 4) is 11.1 Å². The molecule has 8 nitrogen and oxygen atoms in total. The van der Waals surface area contributed by atoms with Gasteiger partial charge in [0, 0.05) is 43.0 Å². The summed E-state index contributed by atoms with van der Waals surface area (Å²) in [5.74, 6) is -0.264. The highest BCUT2D eigenvalue weighted by atomic mass is 35.5. The SMILES string of the molecule is NCCCN1CCN(c2ccccc2NC(=O)c2ccn3ncc(-c4cccc(Cl)c4)c3n2)CC1. The Morgan fingerprint density at radius 3 is 2.69 bits per heavy atom. The molecule has 2 aromatic heterocycles. The van der Waals surface area contributed by atoms with E-state index in [0.717, 1.165) is 68.2 Å². The van der Waals surface area contributed by atoms with Crippen molar-refractivity contribution in [2.75, 3.05) is 49.5 Å². The van der Waals surface area contributed by atoms with Crippen LogP contribution in [0.25, 0.3) is 16.8 Å². The highest BCUT2D eigenvalue weighted by molar-refractivity contribution is 6.30. The third-order valence-corrected chi connectivity index (χ3v) is 6.52. The molecule has 0 unspecified atom stereocenters. The van der Waals surface area contributed by atoms with Crippen LogP contribution in [0.2, 0.25) is 5.02 Å². The van der Waals surface area contributed by atoms with Gasteiger partial charge >= 0.3 is 0 Å². The summed E-state index contributed by atoms with van der Waals surface area (Å²) in [7, 11) is 0. The van der Waals surface area contributed by atoms with Gasteiger partial charge in [-0.15, -0.1) is 0 Å². The second-order valence-corrected chi connectivity index (χ2v) is 9.03. The Kier molecular flexibility index (Phi) is 6.94. The number of halogens is 1. The van der Waals surface area contributed by atoms with Crippen LogP contribution in [0.3, 0.4) is 0 Å². The van der Waals surface area contributed by atoms with E-state index >= 15 is 0 Å². The number of hydrogen-bond acceptors (Lipinski definition) is 6. The summed E-state index contributed by atoms with van der Waals surface area (Å²) in [5.41, 5.74) is 10.1. The van der Waals surface area contributed by atoms with Crippen molar-refractivity contribution in [2.45, 2.75) is 6.42 Å². The number of aromatic nitrogens is 3. The molecule has 0 spiro atoms. The van der Waals surface area contributed by atoms with E-state index in [1.807, 2.05) is 42.5 Å². The molecule has 3 heterocycles. The third kappa shape index (κ3) is 5.14. The van der Waals surface area contributed by atoms with Gasteiger partial charge in [-0.05, 0) is 55.4 Å². The molecule has 0 saturated carbocycles. The third-order valence-electron chi connectivity index (χ3n) is 6.28. The van der Waals surface area contributed by atoms with Gasteiger partial charge in [0.05, 0.1) is 17.6 Å². The van der Waals surface area contributed by atoms with Crippen molar-refractivity contribution in [3.63, 3.8) is 0 Å². The molecule has 4 aromatic rings. The van der Waals surface area contributed by atoms with E-state index in [1.165, 1.54) is 0 Å². The van der Waals surface area contributed by atoms with Crippen molar-refractivity contribution in [1.82, 2.24) is 19.5 Å². The number of rotatable bonds is 7. The first-order chi connectivity index (χ1) is 17.1. The van der Waals surface area contributed by atoms with Gasteiger partial charge in [-0.1, -0.05) is 35.9 Å². The Labute approximate surface area is 209 Å². The molecule has 1 aliphatic rings. The van der Waals surface area contributed by atoms with Crippen LogP contribution >= 0.6 is 11.6 Å². The molecule has 1 fully saturated rings. The molecular weight excluding hydrogens is 462 g/mol. The predicted molar refractivity (Wildman–Crippen MR) is 140 cm³/mol. The largest absolute Gasteiger partial charge is 0.367 e. The van der Waals surface area contributed by atoms with Crippen LogP contribution in [0, 0.1) is 0 Å². The smallest absolute Gasteiger partial charge is 0.274 e. The Morgan fingerprint density at radius 1 is 1.06 bits per heavy atom. The monoisotopic (exact) mass is 489 g/mol. The standard InChI is InChI=1S/C26H28ClN7O/c27-20-6-3-5-19(17-20)21-18-29-34-12-9-23(30-25(21)34)26(35)31-22-7-1-2-8-24(22)33-15-13-32(14-16-33)11-4-10-28/h1-3,5-9,12,17-18H,4,10-11,13-16,28H2,(H,31,35). The number of anilines is 2. The zero-order valence-corrected chi connectivity index (χ0v) is 20.2. The Morgan fingerprint density at radius 2 is 1.89 bits per heavy atom. The number of nitrogens with zero attached hydrogens (tertiary/aromatic N) is 5. The normalized spacial score (nSPS) is 14.4. The van der Waals surface area contributed by atoms with E-state index in [9.17, 15) is 4.79 Å². The molecule has 0 bridgehead atoms. The van der Waals surface area contributed by atoms with E-state index in [4.69, 9.17) is 17.3 Å². The second kappa shape index (κ2) is 10.4. The quantitative estimate of drug-likeness (QED) is 0.410. The number of para-hydroxylation sites is 2. The summed E-state index contributed by atoms with van der Waals surface area (Å²) in [5, 5.41) is 8.07. The van der Waals surface area contributed by atoms with Crippen LogP contribution in [-0.4, -0.2) is 64.7 Å². The van der Waals surface area contributed by atoms with Gasteiger partial charge in [0.2, 0.25) is 0 Å². The fourth-order valence-electron chi connectivity index (χ4n) is 4.42. The molecule has 5 rings (SSSR count). The zero-order valence-electron chi connectivity index (χ0n) is 19.4. The molecule has 35 heavy (non-hydrogen) atoms. The summed E-state index contributed by atoms with van der Waals surface area (Å²) >= 11 is 6.17. The molecule has 2 aromatic carbocycles. The maximum atomic E-state index is 13.2. The maximum absolute atomic E-state index is 13.2. The lowest BCUT2D eigenvalue weighted by molar-refractivity contribution is 0.102. The predicted octanol–water partition coefficient (Wildman–Crippen LogP) is 3.77. The number of piperazine rings is 1. The van der Waals surface area contributed by atoms with Crippen LogP contribution in [0.1, 0.15) is 16.9 Å². The van der Waals surface area contributed by atoms with Gasteiger partial charge in [0.1, 0.15) is 5.69 Å². The highest BCUT2D eigenvalue weighted by Gasteiger charge is 2.20. The number of benzene rings is 2. The minimum absolute atomic E-state index is 0.264. The van der Waals surface area contributed by atoms with Crippen LogP contribution < -0.4 is 16.0 Å². The molecule has 9 heteroatoms. The number of nitrogens with two attached hydrogens (primary N) is 1. The molecule has 0 aliphatic carbocycles. The lowest BCUT2D eigenvalue weighted by Crippen LogP contribution is -2.47. The van der Waals surface area contributed by atoms with Crippen molar-refractivity contribution < 1.29 is 4.79 Å². The van der Waals surface area contributed by atoms with Crippen molar-refractivity contribution in [1.29, 1.82) is 0 Å². The average Bonchev–Trinajstić information content (AvgIpc) is 3.31. The van der Waals surface area contributed by atoms with Gasteiger partial charge < -0.3 is 16.0 Å². The average molecular weight is 490 g/mol. The lowest BCUT2D eigenvalue weighted by Gasteiger charge is -2.36. The van der Waals surface area contributed by atoms with E-state index in [-0.39, 0.29) is 5.91 Å². The maximum Gasteiger partial charge on any atom is 0.274 e. The molecule has 1 aliphatic heterocycles. The van der Waals surface area contributed by atoms with Gasteiger partial charge in [0.15, 0.2) is 5.65 Å². The van der Waals surface area contributed by atoms with Crippen LogP contribution in [0.5, 0.6) is 0 Å². The van der Waals surface area contributed by atoms with Crippen molar-refractivity contribution >= 4 is 34.5 Å². The van der Waals surface area contributed by atoms with Crippen LogP contribution in [0.4, 0.5) is 11.4 Å². The minimum atomic E-state index is -0.264. The Balaban J connectivity index is 1.35. The molecule has 1 amide bonds. The summed E-state index contributed by atoms with van der Waals surface area (Å²) in [6.45, 7) is 5.51. The molecule has 1 saturated heterocycles. The number of nitrogens with one attached hydrogen (secondary N) is 1. The van der Waals surface area contributed by atoms with E-state index < -0.39 is 0 Å². The van der Waals surface area contributed by atoms with E-state index in [1.54, 1.807) is 23.0 Å². The summed E-state index contributed by atoms with van der Waals surface area (Å²) in [6.07, 6.45) is 4.50. The van der Waals surface area contributed by atoms with Gasteiger partial charge in [-0.3, -0.25) is 9.69 Å². The number of hydrogen-bond donors (Lipinski definition) is 2. The fourth-order valence-corrected chi connectivity index (χ4v) is 4.61. The van der Waals surface area contributed by atoms with Crippen molar-refractivity contribution in [3.05, 3.63) is 77.7 Å². The summed E-state index contributed by atoms with van der Waals surface area (Å²) < 4.78 is 1.66. The second-order valence-electron chi connectivity index (χ2n) is 8.59. The Hall–Kier alpha value is -3.46. The van der Waals surface area contributed by atoms with E-state index in [2.05, 4.69) is 31.3 Å². The first-order valence-electron chi connectivity index (χ1n) is 11.8. The molecule has 180 valence electrons. The first kappa shape index (κ1) is 23.3. The Bertz CT molecular complexity index is 1330. The molecular formula is C26H28ClN7O. The van der Waals surface area contributed by atoms with Crippen LogP contribution in [0.15, 0.2) is 67.0 Å². The number of carbonyl (C=O) groups excluding carboxylic acids is 1. The highest BCUT2D eigenvalue weighted by Crippen LogP contribution is 2.28. The molecule has 0 atom stereocenters. The zero-order chi connectivity index (χ0) is 24.2. The van der Waals surface area contributed by atoms with Crippen LogP contribution in [-0.2, 0) is 0 Å². The van der Waals surface area contributed by atoms with E-state index in [0.29, 0.717) is 16.4 Å². The number of carbonyl (C=O) groups is 1. The first-order valence-corrected chi connectivity index (χ1v) is 12.2. The van der Waals surface area contributed by atoms with Crippen molar-refractivity contribution in [2.24, 2.45) is 5.73 Å². The number of amides is 1. The number of fused-ring (bicyclic) bond motifs is 1. The fraction of sp³-hybridized carbons (Fsp3) is 0.269. The van der Waals surface area contributed by atoms with Gasteiger partial charge in [-0.2, -0.15) is 5.10 Å². The molecule has 3 N–H and O–H groups in total. The van der Waals surface area contributed by atoms with Gasteiger partial charge in [-0.25, -0.2) is 9.50 Å². The summed E-state index contributed by atoms with van der Waals surface area (Å²) in [4.78, 5) is 22.6. The van der Waals surface area contributed by atoms with Gasteiger partial charge in [0.25, 0.3) is 5.91 Å². The molecule has 0 radical (unpaired) electrons. The topological polar surface area (TPSA) is 91.8 Å².